The molecule has 0 unspecified atom stereocenters. The van der Waals surface area contributed by atoms with Gasteiger partial charge in [-0.05, 0) is 54.6 Å². The number of anilines is 2. The van der Waals surface area contributed by atoms with Crippen LogP contribution in [0.1, 0.15) is 20.8 Å². The van der Waals surface area contributed by atoms with Crippen LogP contribution in [0.5, 0.6) is 0 Å². The average molecular weight is 445 g/mol. The van der Waals surface area contributed by atoms with E-state index < -0.39 is 11.8 Å². The van der Waals surface area contributed by atoms with Crippen LogP contribution < -0.4 is 16.2 Å². The van der Waals surface area contributed by atoms with E-state index in [-0.39, 0.29) is 16.8 Å². The topological polar surface area (TPSA) is 93.1 Å². The molecule has 2 aromatic heterocycles. The molecule has 0 radical (unpaired) electrons. The molecule has 7 nitrogen and oxygen atoms in total. The minimum absolute atomic E-state index is 0.149. The molecule has 0 aliphatic rings. The van der Waals surface area contributed by atoms with Crippen molar-refractivity contribution in [2.24, 2.45) is 0 Å². The van der Waals surface area contributed by atoms with Crippen LogP contribution in [0.3, 0.4) is 0 Å². The second kappa shape index (κ2) is 9.28. The molecule has 4 rings (SSSR count). The predicted molar refractivity (Wildman–Crippen MR) is 124 cm³/mol. The summed E-state index contributed by atoms with van der Waals surface area (Å²) < 4.78 is 1.50. The number of nitrogens with zero attached hydrogens (tertiary/aromatic N) is 2. The molecule has 4 aromatic rings. The van der Waals surface area contributed by atoms with Crippen LogP contribution in [0.2, 0.25) is 5.02 Å². The summed E-state index contributed by atoms with van der Waals surface area (Å²) in [5.41, 5.74) is 1.89. The van der Waals surface area contributed by atoms with Gasteiger partial charge >= 0.3 is 0 Å². The standard InChI is InChI=1S/C24H17ClN4O3/c25-16-8-13-21(26-15-16)24(32)28-20-6-2-1-5-19(20)23(31)27-17-9-11-18(12-10-17)29-14-4-3-7-22(29)30/h1-15H,(H,27,31)(H,28,32). The van der Waals surface area contributed by atoms with Crippen LogP contribution >= 0.6 is 11.6 Å². The lowest BCUT2D eigenvalue weighted by Crippen LogP contribution is -2.19. The predicted octanol–water partition coefficient (Wildman–Crippen LogP) is 4.39. The van der Waals surface area contributed by atoms with Gasteiger partial charge < -0.3 is 10.6 Å². The Labute approximate surface area is 188 Å². The van der Waals surface area contributed by atoms with Crippen molar-refractivity contribution in [2.45, 2.75) is 0 Å². The van der Waals surface area contributed by atoms with Crippen LogP contribution in [-0.4, -0.2) is 21.4 Å². The molecule has 0 bridgehead atoms. The third-order valence-electron chi connectivity index (χ3n) is 4.61. The number of hydrogen-bond acceptors (Lipinski definition) is 4. The number of benzene rings is 2. The molecule has 2 amide bonds. The zero-order chi connectivity index (χ0) is 22.5. The number of carbonyl (C=O) groups excluding carboxylic acids is 2. The number of aromatic nitrogens is 2. The lowest BCUT2D eigenvalue weighted by atomic mass is 10.1. The molecule has 2 N–H and O–H groups in total. The van der Waals surface area contributed by atoms with E-state index in [9.17, 15) is 14.4 Å². The highest BCUT2D eigenvalue weighted by Crippen LogP contribution is 2.19. The third-order valence-corrected chi connectivity index (χ3v) is 4.83. The van der Waals surface area contributed by atoms with Gasteiger partial charge in [0.15, 0.2) is 0 Å². The summed E-state index contributed by atoms with van der Waals surface area (Å²) in [6.45, 7) is 0. The summed E-state index contributed by atoms with van der Waals surface area (Å²) >= 11 is 5.81. The Morgan fingerprint density at radius 2 is 1.56 bits per heavy atom. The smallest absolute Gasteiger partial charge is 0.274 e. The quantitative estimate of drug-likeness (QED) is 0.477. The summed E-state index contributed by atoms with van der Waals surface area (Å²) in [4.78, 5) is 41.3. The van der Waals surface area contributed by atoms with Crippen molar-refractivity contribution in [1.29, 1.82) is 0 Å². The average Bonchev–Trinajstić information content (AvgIpc) is 2.81. The van der Waals surface area contributed by atoms with Crippen molar-refractivity contribution >= 4 is 34.8 Å². The van der Waals surface area contributed by atoms with E-state index in [1.807, 2.05) is 0 Å². The van der Waals surface area contributed by atoms with Gasteiger partial charge in [-0.1, -0.05) is 29.8 Å². The SMILES string of the molecule is O=C(Nc1ccccc1C(=O)Nc1ccc(-n2ccccc2=O)cc1)c1ccc(Cl)cn1. The molecule has 0 aliphatic carbocycles. The maximum Gasteiger partial charge on any atom is 0.274 e. The second-order valence-corrected chi connectivity index (χ2v) is 7.21. The Bertz CT molecular complexity index is 1330. The number of pyridine rings is 2. The van der Waals surface area contributed by atoms with E-state index in [1.54, 1.807) is 72.9 Å². The van der Waals surface area contributed by atoms with Crippen molar-refractivity contribution in [3.8, 4) is 5.69 Å². The van der Waals surface area contributed by atoms with Crippen molar-refractivity contribution in [3.05, 3.63) is 118 Å². The minimum Gasteiger partial charge on any atom is -0.322 e. The number of nitrogens with one attached hydrogen (secondary N) is 2. The van der Waals surface area contributed by atoms with Gasteiger partial charge in [-0.25, -0.2) is 4.98 Å². The van der Waals surface area contributed by atoms with Gasteiger partial charge in [0.1, 0.15) is 5.69 Å². The molecule has 158 valence electrons. The summed E-state index contributed by atoms with van der Waals surface area (Å²) in [6, 6.07) is 21.5. The molecule has 8 heteroatoms. The fourth-order valence-electron chi connectivity index (χ4n) is 3.03. The molecule has 2 aromatic carbocycles. The first-order valence-electron chi connectivity index (χ1n) is 9.63. The first-order valence-corrected chi connectivity index (χ1v) is 10.0. The lowest BCUT2D eigenvalue weighted by molar-refractivity contribution is 0.102. The van der Waals surface area contributed by atoms with Gasteiger partial charge in [-0.2, -0.15) is 0 Å². The highest BCUT2D eigenvalue weighted by molar-refractivity contribution is 6.30. The number of carbonyl (C=O) groups is 2. The normalized spacial score (nSPS) is 10.4. The molecule has 0 saturated heterocycles. The second-order valence-electron chi connectivity index (χ2n) is 6.77. The summed E-state index contributed by atoms with van der Waals surface area (Å²) in [6.07, 6.45) is 3.05. The molecule has 0 aliphatic heterocycles. The van der Waals surface area contributed by atoms with Gasteiger partial charge in [0.2, 0.25) is 0 Å². The fraction of sp³-hybridized carbons (Fsp3) is 0. The Morgan fingerprint density at radius 3 is 2.28 bits per heavy atom. The maximum absolute atomic E-state index is 12.9. The number of halogens is 1. The van der Waals surface area contributed by atoms with E-state index in [4.69, 9.17) is 11.6 Å². The molecule has 0 fully saturated rings. The molecule has 0 saturated carbocycles. The zero-order valence-corrected chi connectivity index (χ0v) is 17.4. The molecule has 2 heterocycles. The zero-order valence-electron chi connectivity index (χ0n) is 16.7. The molecule has 0 atom stereocenters. The molecular formula is C24H17ClN4O3. The Kier molecular flexibility index (Phi) is 6.10. The first kappa shape index (κ1) is 21.0. The van der Waals surface area contributed by atoms with Crippen molar-refractivity contribution in [1.82, 2.24) is 9.55 Å². The van der Waals surface area contributed by atoms with Gasteiger partial charge in [-0.15, -0.1) is 0 Å². The summed E-state index contributed by atoms with van der Waals surface area (Å²) in [7, 11) is 0. The van der Waals surface area contributed by atoms with Crippen LogP contribution in [-0.2, 0) is 0 Å². The Hall–Kier alpha value is -4.23. The van der Waals surface area contributed by atoms with Gasteiger partial charge in [0.05, 0.1) is 16.3 Å². The van der Waals surface area contributed by atoms with Crippen LogP contribution in [0.4, 0.5) is 11.4 Å². The minimum atomic E-state index is -0.459. The molecular weight excluding hydrogens is 428 g/mol. The van der Waals surface area contributed by atoms with Gasteiger partial charge in [0, 0.05) is 29.8 Å². The van der Waals surface area contributed by atoms with Crippen LogP contribution in [0.15, 0.2) is 96.1 Å². The lowest BCUT2D eigenvalue weighted by Gasteiger charge is -2.12. The van der Waals surface area contributed by atoms with E-state index in [0.29, 0.717) is 22.1 Å². The van der Waals surface area contributed by atoms with Gasteiger partial charge in [-0.3, -0.25) is 19.0 Å². The molecule has 32 heavy (non-hydrogen) atoms. The summed E-state index contributed by atoms with van der Waals surface area (Å²) in [5, 5.41) is 5.93. The van der Waals surface area contributed by atoms with Gasteiger partial charge in [0.25, 0.3) is 17.4 Å². The Balaban J connectivity index is 1.50. The van der Waals surface area contributed by atoms with E-state index in [2.05, 4.69) is 15.6 Å². The Morgan fingerprint density at radius 1 is 0.812 bits per heavy atom. The van der Waals surface area contributed by atoms with Crippen molar-refractivity contribution in [3.63, 3.8) is 0 Å². The number of amides is 2. The highest BCUT2D eigenvalue weighted by Gasteiger charge is 2.15. The number of hydrogen-bond donors (Lipinski definition) is 2. The highest BCUT2D eigenvalue weighted by atomic mass is 35.5. The summed E-state index contributed by atoms with van der Waals surface area (Å²) in [5.74, 6) is -0.853. The monoisotopic (exact) mass is 444 g/mol. The first-order chi connectivity index (χ1) is 15.5. The fourth-order valence-corrected chi connectivity index (χ4v) is 3.14. The number of rotatable bonds is 5. The third kappa shape index (κ3) is 4.74. The van der Waals surface area contributed by atoms with Crippen molar-refractivity contribution in [2.75, 3.05) is 10.6 Å². The van der Waals surface area contributed by atoms with Crippen LogP contribution in [0.25, 0.3) is 5.69 Å². The maximum atomic E-state index is 12.9. The van der Waals surface area contributed by atoms with Crippen LogP contribution in [0, 0.1) is 0 Å². The molecule has 0 spiro atoms. The van der Waals surface area contributed by atoms with E-state index >= 15 is 0 Å². The number of para-hydroxylation sites is 1. The van der Waals surface area contributed by atoms with Crippen molar-refractivity contribution < 1.29 is 9.59 Å². The van der Waals surface area contributed by atoms with E-state index in [1.165, 1.54) is 22.9 Å². The van der Waals surface area contributed by atoms with E-state index in [0.717, 1.165) is 0 Å². The largest absolute Gasteiger partial charge is 0.322 e.